The number of hydrogen-bond acceptors (Lipinski definition) is 7. The van der Waals surface area contributed by atoms with Gasteiger partial charge in [-0.25, -0.2) is 4.68 Å². The summed E-state index contributed by atoms with van der Waals surface area (Å²) in [7, 11) is 1.62. The molecule has 2 aromatic rings. The molecule has 7 nitrogen and oxygen atoms in total. The Labute approximate surface area is 188 Å². The molecule has 160 valence electrons. The number of carbonyl (C=O) groups excluding carboxylic acids is 1. The summed E-state index contributed by atoms with van der Waals surface area (Å²) in [6.07, 6.45) is 3.27. The summed E-state index contributed by atoms with van der Waals surface area (Å²) in [5, 5.41) is 8.83. The fraction of sp³-hybridized carbons (Fsp3) is 0.476. The average molecular weight is 493 g/mol. The highest BCUT2D eigenvalue weighted by Gasteiger charge is 2.37. The number of nitrogens with one attached hydrogen (secondary N) is 1. The summed E-state index contributed by atoms with van der Waals surface area (Å²) < 4.78 is 14.0. The number of ether oxygens (including phenoxy) is 2. The van der Waals surface area contributed by atoms with Crippen molar-refractivity contribution in [2.45, 2.75) is 50.7 Å². The Morgan fingerprint density at radius 1 is 1.33 bits per heavy atom. The molecule has 1 unspecified atom stereocenters. The van der Waals surface area contributed by atoms with Gasteiger partial charge in [0, 0.05) is 23.4 Å². The van der Waals surface area contributed by atoms with Gasteiger partial charge in [-0.3, -0.25) is 4.79 Å². The number of anilines is 1. The van der Waals surface area contributed by atoms with E-state index in [1.807, 2.05) is 23.7 Å². The molecule has 2 heterocycles. The minimum atomic E-state index is -0.353. The van der Waals surface area contributed by atoms with Crippen LogP contribution in [0.3, 0.4) is 0 Å². The largest absolute Gasteiger partial charge is 0.493 e. The molecule has 2 aliphatic rings. The van der Waals surface area contributed by atoms with Gasteiger partial charge in [0.15, 0.2) is 17.3 Å². The van der Waals surface area contributed by atoms with Crippen LogP contribution >= 0.6 is 27.7 Å². The predicted molar refractivity (Wildman–Crippen MR) is 121 cm³/mol. The van der Waals surface area contributed by atoms with Gasteiger partial charge in [-0.05, 0) is 59.8 Å². The van der Waals surface area contributed by atoms with Crippen LogP contribution in [0.4, 0.5) is 5.95 Å². The van der Waals surface area contributed by atoms with Gasteiger partial charge in [-0.1, -0.05) is 18.7 Å². The molecule has 0 spiro atoms. The number of ketones is 1. The van der Waals surface area contributed by atoms with Gasteiger partial charge in [0.25, 0.3) is 0 Å². The molecule has 9 heteroatoms. The van der Waals surface area contributed by atoms with Crippen LogP contribution in [-0.2, 0) is 4.79 Å². The second-order valence-corrected chi connectivity index (χ2v) is 9.09. The fourth-order valence-corrected chi connectivity index (χ4v) is 5.14. The van der Waals surface area contributed by atoms with Crippen molar-refractivity contribution >= 4 is 39.4 Å². The van der Waals surface area contributed by atoms with Gasteiger partial charge in [0.05, 0.1) is 18.2 Å². The first-order valence-corrected chi connectivity index (χ1v) is 12.0. The normalized spacial score (nSPS) is 18.0. The predicted octanol–water partition coefficient (Wildman–Crippen LogP) is 4.97. The summed E-state index contributed by atoms with van der Waals surface area (Å²) in [5.41, 5.74) is 2.63. The van der Waals surface area contributed by atoms with Gasteiger partial charge in [-0.15, -0.1) is 5.10 Å². The monoisotopic (exact) mass is 492 g/mol. The molecule has 0 radical (unpaired) electrons. The SMILES string of the molecule is CCCSc1nc2n(n1)C(c1cc(Br)c(OCC)c(OC)c1)C1=C(CCCC1=O)N2. The van der Waals surface area contributed by atoms with Crippen molar-refractivity contribution in [2.75, 3.05) is 24.8 Å². The molecule has 0 fully saturated rings. The molecule has 1 N–H and O–H groups in total. The van der Waals surface area contributed by atoms with E-state index in [2.05, 4.69) is 33.2 Å². The lowest BCUT2D eigenvalue weighted by Crippen LogP contribution is -2.31. The summed E-state index contributed by atoms with van der Waals surface area (Å²) in [4.78, 5) is 17.7. The Morgan fingerprint density at radius 3 is 2.90 bits per heavy atom. The number of nitrogens with zero attached hydrogens (tertiary/aromatic N) is 3. The summed E-state index contributed by atoms with van der Waals surface area (Å²) >= 11 is 5.24. The van der Waals surface area contributed by atoms with Crippen molar-refractivity contribution in [2.24, 2.45) is 0 Å². The first-order chi connectivity index (χ1) is 14.6. The van der Waals surface area contributed by atoms with Gasteiger partial charge in [0.1, 0.15) is 6.04 Å². The van der Waals surface area contributed by atoms with Gasteiger partial charge in [-0.2, -0.15) is 4.98 Å². The highest BCUT2D eigenvalue weighted by Crippen LogP contribution is 2.45. The highest BCUT2D eigenvalue weighted by molar-refractivity contribution is 9.10. The molecule has 30 heavy (non-hydrogen) atoms. The minimum Gasteiger partial charge on any atom is -0.493 e. The molecule has 1 aromatic heterocycles. The lowest BCUT2D eigenvalue weighted by atomic mass is 9.85. The first kappa shape index (κ1) is 21.2. The van der Waals surface area contributed by atoms with Crippen LogP contribution in [-0.4, -0.2) is 40.0 Å². The first-order valence-electron chi connectivity index (χ1n) is 10.2. The van der Waals surface area contributed by atoms with Crippen LogP contribution in [0.15, 0.2) is 33.0 Å². The number of aromatic nitrogens is 3. The summed E-state index contributed by atoms with van der Waals surface area (Å²) in [6, 6.07) is 3.57. The summed E-state index contributed by atoms with van der Waals surface area (Å²) in [6.45, 7) is 4.59. The summed E-state index contributed by atoms with van der Waals surface area (Å²) in [5.74, 6) is 3.05. The second kappa shape index (κ2) is 9.01. The minimum absolute atomic E-state index is 0.154. The number of rotatable bonds is 7. The Kier molecular flexibility index (Phi) is 6.38. The zero-order valence-electron chi connectivity index (χ0n) is 17.3. The van der Waals surface area contributed by atoms with Crippen molar-refractivity contribution < 1.29 is 14.3 Å². The van der Waals surface area contributed by atoms with Crippen molar-refractivity contribution in [1.29, 1.82) is 0 Å². The zero-order chi connectivity index (χ0) is 21.3. The van der Waals surface area contributed by atoms with Crippen LogP contribution in [0.2, 0.25) is 0 Å². The fourth-order valence-electron chi connectivity index (χ4n) is 3.88. The van der Waals surface area contributed by atoms with Crippen LogP contribution in [0.5, 0.6) is 11.5 Å². The van der Waals surface area contributed by atoms with E-state index in [4.69, 9.17) is 14.6 Å². The van der Waals surface area contributed by atoms with E-state index in [1.165, 1.54) is 0 Å². The third kappa shape index (κ3) is 3.85. The molecular formula is C21H25BrN4O3S. The molecule has 0 bridgehead atoms. The maximum atomic E-state index is 13.0. The Bertz CT molecular complexity index is 1000. The van der Waals surface area contributed by atoms with Crippen molar-refractivity contribution in [3.63, 3.8) is 0 Å². The van der Waals surface area contributed by atoms with Crippen LogP contribution in [0.1, 0.15) is 51.1 Å². The molecule has 1 aliphatic carbocycles. The lowest BCUT2D eigenvalue weighted by Gasteiger charge is -2.32. The zero-order valence-corrected chi connectivity index (χ0v) is 19.7. The Hall–Kier alpha value is -2.00. The molecule has 0 amide bonds. The second-order valence-electron chi connectivity index (χ2n) is 7.17. The van der Waals surface area contributed by atoms with Crippen molar-refractivity contribution in [3.05, 3.63) is 33.4 Å². The maximum absolute atomic E-state index is 13.0. The number of carbonyl (C=O) groups is 1. The number of hydrogen-bond donors (Lipinski definition) is 1. The van der Waals surface area contributed by atoms with Gasteiger partial charge in [0.2, 0.25) is 11.1 Å². The van der Waals surface area contributed by atoms with Crippen molar-refractivity contribution in [1.82, 2.24) is 14.8 Å². The standard InChI is InChI=1S/C21H25BrN4O3S/c1-4-9-30-21-24-20-23-14-7-6-8-15(27)17(14)18(26(20)25-21)12-10-13(22)19(29-5-2)16(11-12)28-3/h10-11,18H,4-9H2,1-3H3,(H,23,24,25). The van der Waals surface area contributed by atoms with Crippen LogP contribution < -0.4 is 14.8 Å². The van der Waals surface area contributed by atoms with E-state index in [-0.39, 0.29) is 11.8 Å². The molecule has 1 aromatic carbocycles. The molecular weight excluding hydrogens is 468 g/mol. The van der Waals surface area contributed by atoms with E-state index < -0.39 is 0 Å². The topological polar surface area (TPSA) is 78.3 Å². The molecule has 1 atom stereocenters. The molecule has 0 saturated carbocycles. The number of methoxy groups -OCH3 is 1. The van der Waals surface area contributed by atoms with Crippen LogP contribution in [0.25, 0.3) is 0 Å². The van der Waals surface area contributed by atoms with Crippen molar-refractivity contribution in [3.8, 4) is 11.5 Å². The third-order valence-corrected chi connectivity index (χ3v) is 6.77. The van der Waals surface area contributed by atoms with E-state index in [0.717, 1.165) is 46.3 Å². The van der Waals surface area contributed by atoms with E-state index >= 15 is 0 Å². The van der Waals surface area contributed by atoms with E-state index in [9.17, 15) is 4.79 Å². The number of allylic oxidation sites excluding steroid dienone is 2. The Balaban J connectivity index is 1.86. The number of halogens is 1. The van der Waals surface area contributed by atoms with Gasteiger partial charge < -0.3 is 14.8 Å². The van der Waals surface area contributed by atoms with E-state index in [0.29, 0.717) is 35.6 Å². The number of thioether (sulfide) groups is 1. The number of fused-ring (bicyclic) bond motifs is 1. The Morgan fingerprint density at radius 2 is 2.17 bits per heavy atom. The average Bonchev–Trinajstić information content (AvgIpc) is 3.14. The molecule has 4 rings (SSSR count). The maximum Gasteiger partial charge on any atom is 0.227 e. The van der Waals surface area contributed by atoms with Crippen LogP contribution in [0, 0.1) is 0 Å². The molecule has 1 aliphatic heterocycles. The number of Topliss-reactive ketones (excluding diaryl/α,β-unsaturated/α-hetero) is 1. The van der Waals surface area contributed by atoms with Gasteiger partial charge >= 0.3 is 0 Å². The smallest absolute Gasteiger partial charge is 0.227 e. The molecule has 0 saturated heterocycles. The highest BCUT2D eigenvalue weighted by atomic mass is 79.9. The third-order valence-electron chi connectivity index (χ3n) is 5.14. The lowest BCUT2D eigenvalue weighted by molar-refractivity contribution is -0.116. The number of benzene rings is 1. The van der Waals surface area contributed by atoms with E-state index in [1.54, 1.807) is 18.9 Å². The quantitative estimate of drug-likeness (QED) is 0.546.